The van der Waals surface area contributed by atoms with Crippen LogP contribution < -0.4 is 5.73 Å². The molecular formula is C14H25N3O3. The van der Waals surface area contributed by atoms with Crippen molar-refractivity contribution in [1.82, 2.24) is 9.80 Å². The Kier molecular flexibility index (Phi) is 4.99. The number of hydrogen-bond donors (Lipinski definition) is 1. The normalized spacial score (nSPS) is 26.4. The van der Waals surface area contributed by atoms with Gasteiger partial charge >= 0.3 is 0 Å². The fourth-order valence-electron chi connectivity index (χ4n) is 2.77. The molecule has 2 aliphatic rings. The van der Waals surface area contributed by atoms with Gasteiger partial charge in [0.05, 0.1) is 19.1 Å². The van der Waals surface area contributed by atoms with Crippen molar-refractivity contribution in [1.29, 1.82) is 0 Å². The summed E-state index contributed by atoms with van der Waals surface area (Å²) >= 11 is 0. The highest BCUT2D eigenvalue weighted by Gasteiger charge is 2.38. The smallest absolute Gasteiger partial charge is 0.245 e. The van der Waals surface area contributed by atoms with Gasteiger partial charge < -0.3 is 20.3 Å². The molecule has 114 valence electrons. The first-order chi connectivity index (χ1) is 9.52. The Labute approximate surface area is 120 Å². The number of carbonyl (C=O) groups excluding carboxylic acids is 2. The monoisotopic (exact) mass is 283 g/mol. The third-order valence-corrected chi connectivity index (χ3v) is 4.32. The molecule has 2 saturated heterocycles. The van der Waals surface area contributed by atoms with Crippen molar-refractivity contribution in [2.24, 2.45) is 11.7 Å². The Hall–Kier alpha value is -1.14. The van der Waals surface area contributed by atoms with Gasteiger partial charge in [-0.1, -0.05) is 6.92 Å². The molecule has 2 amide bonds. The fraction of sp³-hybridized carbons (Fsp3) is 0.857. The van der Waals surface area contributed by atoms with Crippen molar-refractivity contribution < 1.29 is 14.3 Å². The van der Waals surface area contributed by atoms with Crippen molar-refractivity contribution in [2.75, 3.05) is 32.8 Å². The summed E-state index contributed by atoms with van der Waals surface area (Å²) in [4.78, 5) is 28.5. The van der Waals surface area contributed by atoms with E-state index in [0.29, 0.717) is 32.8 Å². The van der Waals surface area contributed by atoms with Crippen LogP contribution in [-0.4, -0.2) is 66.5 Å². The number of likely N-dealkylation sites (tertiary alicyclic amines) is 1. The van der Waals surface area contributed by atoms with Crippen LogP contribution in [0.5, 0.6) is 0 Å². The van der Waals surface area contributed by atoms with E-state index in [4.69, 9.17) is 10.5 Å². The standard InChI is InChI=1S/C14H25N3O3/c1-10(11(2)15)13(18)17-5-3-4-12(17)14(19)16-6-8-20-9-7-16/h10-12H,3-9,15H2,1-2H3. The molecule has 2 fully saturated rings. The first-order valence-corrected chi connectivity index (χ1v) is 7.45. The number of nitrogens with two attached hydrogens (primary N) is 1. The van der Waals surface area contributed by atoms with E-state index < -0.39 is 0 Å². The molecule has 20 heavy (non-hydrogen) atoms. The molecular weight excluding hydrogens is 258 g/mol. The molecule has 0 spiro atoms. The van der Waals surface area contributed by atoms with Gasteiger partial charge in [-0.25, -0.2) is 0 Å². The van der Waals surface area contributed by atoms with E-state index in [1.807, 2.05) is 18.7 Å². The highest BCUT2D eigenvalue weighted by molar-refractivity contribution is 5.89. The third-order valence-electron chi connectivity index (χ3n) is 4.32. The molecule has 2 N–H and O–H groups in total. The van der Waals surface area contributed by atoms with Crippen LogP contribution in [0.15, 0.2) is 0 Å². The van der Waals surface area contributed by atoms with Crippen molar-refractivity contribution in [3.63, 3.8) is 0 Å². The molecule has 2 heterocycles. The summed E-state index contributed by atoms with van der Waals surface area (Å²) in [5, 5.41) is 0. The minimum atomic E-state index is -0.304. The number of nitrogens with zero attached hydrogens (tertiary/aromatic N) is 2. The van der Waals surface area contributed by atoms with Crippen molar-refractivity contribution in [2.45, 2.75) is 38.8 Å². The lowest BCUT2D eigenvalue weighted by atomic mass is 10.0. The molecule has 3 unspecified atom stereocenters. The molecule has 0 aromatic heterocycles. The van der Waals surface area contributed by atoms with Crippen LogP contribution >= 0.6 is 0 Å². The van der Waals surface area contributed by atoms with E-state index >= 15 is 0 Å². The molecule has 0 aromatic carbocycles. The predicted molar refractivity (Wildman–Crippen MR) is 74.9 cm³/mol. The maximum atomic E-state index is 12.6. The van der Waals surface area contributed by atoms with Crippen LogP contribution in [0.25, 0.3) is 0 Å². The van der Waals surface area contributed by atoms with Gasteiger partial charge in [-0.15, -0.1) is 0 Å². The van der Waals surface area contributed by atoms with Gasteiger partial charge in [-0.05, 0) is 19.8 Å². The lowest BCUT2D eigenvalue weighted by molar-refractivity contribution is -0.148. The van der Waals surface area contributed by atoms with E-state index in [1.165, 1.54) is 0 Å². The maximum absolute atomic E-state index is 12.6. The Morgan fingerprint density at radius 1 is 1.20 bits per heavy atom. The van der Waals surface area contributed by atoms with Crippen LogP contribution in [0.2, 0.25) is 0 Å². The highest BCUT2D eigenvalue weighted by atomic mass is 16.5. The second kappa shape index (κ2) is 6.54. The highest BCUT2D eigenvalue weighted by Crippen LogP contribution is 2.22. The molecule has 0 aliphatic carbocycles. The Bertz CT molecular complexity index is 367. The summed E-state index contributed by atoms with van der Waals surface area (Å²) in [5.41, 5.74) is 5.81. The Morgan fingerprint density at radius 2 is 1.85 bits per heavy atom. The van der Waals surface area contributed by atoms with E-state index in [0.717, 1.165) is 12.8 Å². The number of amides is 2. The zero-order chi connectivity index (χ0) is 14.7. The number of carbonyl (C=O) groups is 2. The van der Waals surface area contributed by atoms with Crippen LogP contribution in [0.4, 0.5) is 0 Å². The van der Waals surface area contributed by atoms with E-state index in [-0.39, 0.29) is 29.8 Å². The lowest BCUT2D eigenvalue weighted by Gasteiger charge is -2.33. The molecule has 3 atom stereocenters. The van der Waals surface area contributed by atoms with Gasteiger partial charge in [-0.2, -0.15) is 0 Å². The molecule has 2 rings (SSSR count). The number of morpholine rings is 1. The minimum absolute atomic E-state index is 0.00381. The zero-order valence-corrected chi connectivity index (χ0v) is 12.4. The number of hydrogen-bond acceptors (Lipinski definition) is 4. The zero-order valence-electron chi connectivity index (χ0n) is 12.4. The third kappa shape index (κ3) is 3.12. The first kappa shape index (κ1) is 15.3. The van der Waals surface area contributed by atoms with Gasteiger partial charge in [0.25, 0.3) is 0 Å². The van der Waals surface area contributed by atoms with E-state index in [9.17, 15) is 9.59 Å². The average Bonchev–Trinajstić information content (AvgIpc) is 2.95. The second-order valence-electron chi connectivity index (χ2n) is 5.78. The van der Waals surface area contributed by atoms with Crippen LogP contribution in [-0.2, 0) is 14.3 Å². The summed E-state index contributed by atoms with van der Waals surface area (Å²) in [5.74, 6) is -0.173. The number of rotatable bonds is 3. The Balaban J connectivity index is 2.02. The van der Waals surface area contributed by atoms with Crippen molar-refractivity contribution in [3.05, 3.63) is 0 Å². The molecule has 0 aromatic rings. The van der Waals surface area contributed by atoms with Crippen LogP contribution in [0, 0.1) is 5.92 Å². The first-order valence-electron chi connectivity index (χ1n) is 7.45. The molecule has 0 radical (unpaired) electrons. The van der Waals surface area contributed by atoms with E-state index in [1.54, 1.807) is 4.90 Å². The van der Waals surface area contributed by atoms with Gasteiger partial charge in [-0.3, -0.25) is 9.59 Å². The minimum Gasteiger partial charge on any atom is -0.378 e. The lowest BCUT2D eigenvalue weighted by Crippen LogP contribution is -2.53. The fourth-order valence-corrected chi connectivity index (χ4v) is 2.77. The second-order valence-corrected chi connectivity index (χ2v) is 5.78. The van der Waals surface area contributed by atoms with Gasteiger partial charge in [0, 0.05) is 25.7 Å². The average molecular weight is 283 g/mol. The predicted octanol–water partition coefficient (Wildman–Crippen LogP) is -0.180. The maximum Gasteiger partial charge on any atom is 0.245 e. The Morgan fingerprint density at radius 3 is 2.45 bits per heavy atom. The largest absolute Gasteiger partial charge is 0.378 e. The van der Waals surface area contributed by atoms with Crippen molar-refractivity contribution >= 4 is 11.8 Å². The van der Waals surface area contributed by atoms with Gasteiger partial charge in [0.2, 0.25) is 11.8 Å². The van der Waals surface area contributed by atoms with E-state index in [2.05, 4.69) is 0 Å². The quantitative estimate of drug-likeness (QED) is 0.779. The van der Waals surface area contributed by atoms with Crippen LogP contribution in [0.3, 0.4) is 0 Å². The molecule has 2 aliphatic heterocycles. The topological polar surface area (TPSA) is 75.9 Å². The van der Waals surface area contributed by atoms with Crippen LogP contribution in [0.1, 0.15) is 26.7 Å². The molecule has 6 heteroatoms. The summed E-state index contributed by atoms with van der Waals surface area (Å²) in [6, 6.07) is -0.496. The summed E-state index contributed by atoms with van der Waals surface area (Å²) in [7, 11) is 0. The van der Waals surface area contributed by atoms with Crippen molar-refractivity contribution in [3.8, 4) is 0 Å². The summed E-state index contributed by atoms with van der Waals surface area (Å²) in [6.45, 7) is 6.75. The SMILES string of the molecule is CC(N)C(C)C(=O)N1CCCC1C(=O)N1CCOCC1. The summed E-state index contributed by atoms with van der Waals surface area (Å²) < 4.78 is 5.27. The summed E-state index contributed by atoms with van der Waals surface area (Å²) in [6.07, 6.45) is 1.64. The number of ether oxygens (including phenoxy) is 1. The molecule has 6 nitrogen and oxygen atoms in total. The van der Waals surface area contributed by atoms with Gasteiger partial charge in [0.15, 0.2) is 0 Å². The molecule has 0 saturated carbocycles. The van der Waals surface area contributed by atoms with Gasteiger partial charge in [0.1, 0.15) is 6.04 Å². The molecule has 0 bridgehead atoms.